The van der Waals surface area contributed by atoms with Crippen LogP contribution in [0.5, 0.6) is 0 Å². The molecule has 0 saturated heterocycles. The molecule has 0 aliphatic heterocycles. The zero-order valence-corrected chi connectivity index (χ0v) is 13.2. The third-order valence-electron chi connectivity index (χ3n) is 2.60. The number of carbonyl (C=O) groups is 1. The topological polar surface area (TPSA) is 57.8 Å². The van der Waals surface area contributed by atoms with Gasteiger partial charge < -0.3 is 5.32 Å². The first-order chi connectivity index (χ1) is 8.90. The van der Waals surface area contributed by atoms with Gasteiger partial charge in [0.25, 0.3) is 5.91 Å². The van der Waals surface area contributed by atoms with Crippen molar-refractivity contribution in [2.24, 2.45) is 0 Å². The number of aromatic nitrogens is 2. The van der Waals surface area contributed by atoms with Gasteiger partial charge in [0, 0.05) is 10.2 Å². The molecule has 0 bridgehead atoms. The summed E-state index contributed by atoms with van der Waals surface area (Å²) in [6, 6.07) is 3.33. The molecule has 2 aromatic rings. The molecule has 4 nitrogen and oxygen atoms in total. The molecule has 1 aromatic heterocycles. The predicted octanol–water partition coefficient (Wildman–Crippen LogP) is 4.35. The van der Waals surface area contributed by atoms with Gasteiger partial charge in [-0.1, -0.05) is 39.1 Å². The van der Waals surface area contributed by atoms with Crippen molar-refractivity contribution in [1.29, 1.82) is 0 Å². The van der Waals surface area contributed by atoms with Gasteiger partial charge in [0.15, 0.2) is 0 Å². The van der Waals surface area contributed by atoms with Crippen LogP contribution in [0.15, 0.2) is 16.6 Å². The molecule has 0 aliphatic carbocycles. The van der Waals surface area contributed by atoms with Crippen molar-refractivity contribution in [3.63, 3.8) is 0 Å². The molecule has 7 heteroatoms. The van der Waals surface area contributed by atoms with Crippen LogP contribution >= 0.6 is 39.1 Å². The van der Waals surface area contributed by atoms with Crippen LogP contribution in [0.25, 0.3) is 0 Å². The minimum atomic E-state index is -0.296. The summed E-state index contributed by atoms with van der Waals surface area (Å²) >= 11 is 15.4. The van der Waals surface area contributed by atoms with Crippen molar-refractivity contribution in [3.05, 3.63) is 43.6 Å². The van der Waals surface area contributed by atoms with Crippen LogP contribution in [0.3, 0.4) is 0 Å². The molecule has 19 heavy (non-hydrogen) atoms. The minimum absolute atomic E-state index is 0.296. The fourth-order valence-corrected chi connectivity index (χ4v) is 3.03. The number of hydrogen-bond acceptors (Lipinski definition) is 2. The van der Waals surface area contributed by atoms with Gasteiger partial charge in [0.05, 0.1) is 27.0 Å². The standard InChI is InChI=1S/C12H10BrCl2N3O/c1-5-10(6(2)18-17-5)12(19)16-11-8(14)3-7(13)4-9(11)15/h3-4H,1-2H3,(H,16,19)(H,17,18). The Labute approximate surface area is 128 Å². The second-order valence-corrected chi connectivity index (χ2v) is 5.74. The highest BCUT2D eigenvalue weighted by Crippen LogP contribution is 2.34. The lowest BCUT2D eigenvalue weighted by Gasteiger charge is -2.10. The SMILES string of the molecule is Cc1n[nH]c(C)c1C(=O)Nc1c(Cl)cc(Br)cc1Cl. The Balaban J connectivity index is 2.35. The quantitative estimate of drug-likeness (QED) is 0.834. The van der Waals surface area contributed by atoms with E-state index in [4.69, 9.17) is 23.2 Å². The number of rotatable bonds is 2. The minimum Gasteiger partial charge on any atom is -0.319 e. The number of nitrogens with zero attached hydrogens (tertiary/aromatic N) is 1. The van der Waals surface area contributed by atoms with E-state index in [9.17, 15) is 4.79 Å². The van der Waals surface area contributed by atoms with Gasteiger partial charge in [-0.3, -0.25) is 9.89 Å². The van der Waals surface area contributed by atoms with Crippen molar-refractivity contribution >= 4 is 50.7 Å². The molecule has 2 rings (SSSR count). The average molecular weight is 363 g/mol. The van der Waals surface area contributed by atoms with E-state index in [2.05, 4.69) is 31.4 Å². The highest BCUT2D eigenvalue weighted by Gasteiger charge is 2.18. The molecule has 0 aliphatic rings. The lowest BCUT2D eigenvalue weighted by Crippen LogP contribution is -2.14. The number of anilines is 1. The summed E-state index contributed by atoms with van der Waals surface area (Å²) in [5.41, 5.74) is 2.20. The van der Waals surface area contributed by atoms with Gasteiger partial charge in [-0.05, 0) is 26.0 Å². The first kappa shape index (κ1) is 14.4. The van der Waals surface area contributed by atoms with E-state index in [0.29, 0.717) is 32.7 Å². The van der Waals surface area contributed by atoms with E-state index in [1.54, 1.807) is 26.0 Å². The van der Waals surface area contributed by atoms with Crippen LogP contribution in [-0.4, -0.2) is 16.1 Å². The van der Waals surface area contributed by atoms with E-state index >= 15 is 0 Å². The number of carbonyl (C=O) groups excluding carboxylic acids is 1. The Bertz CT molecular complexity index is 612. The lowest BCUT2D eigenvalue weighted by atomic mass is 10.2. The molecule has 2 N–H and O–H groups in total. The maximum atomic E-state index is 12.2. The highest BCUT2D eigenvalue weighted by atomic mass is 79.9. The van der Waals surface area contributed by atoms with E-state index in [1.807, 2.05) is 0 Å². The smallest absolute Gasteiger partial charge is 0.259 e. The third kappa shape index (κ3) is 2.94. The summed E-state index contributed by atoms with van der Waals surface area (Å²) in [6.45, 7) is 3.53. The lowest BCUT2D eigenvalue weighted by molar-refractivity contribution is 0.102. The summed E-state index contributed by atoms with van der Waals surface area (Å²) in [7, 11) is 0. The second kappa shape index (κ2) is 5.53. The molecule has 0 radical (unpaired) electrons. The van der Waals surface area contributed by atoms with E-state index in [1.165, 1.54) is 0 Å². The van der Waals surface area contributed by atoms with Crippen LogP contribution in [0.2, 0.25) is 10.0 Å². The molecule has 1 heterocycles. The summed E-state index contributed by atoms with van der Waals surface area (Å²) in [5.74, 6) is -0.296. The fraction of sp³-hybridized carbons (Fsp3) is 0.167. The van der Waals surface area contributed by atoms with Gasteiger partial charge in [-0.15, -0.1) is 0 Å². The summed E-state index contributed by atoms with van der Waals surface area (Å²) < 4.78 is 0.746. The molecule has 0 atom stereocenters. The Morgan fingerprint density at radius 2 is 1.89 bits per heavy atom. The van der Waals surface area contributed by atoms with Crippen molar-refractivity contribution in [2.75, 3.05) is 5.32 Å². The zero-order valence-electron chi connectivity index (χ0n) is 10.1. The summed E-state index contributed by atoms with van der Waals surface area (Å²) in [5, 5.41) is 10.2. The maximum absolute atomic E-state index is 12.2. The third-order valence-corrected chi connectivity index (χ3v) is 3.65. The van der Waals surface area contributed by atoms with Crippen LogP contribution in [-0.2, 0) is 0 Å². The van der Waals surface area contributed by atoms with Crippen molar-refractivity contribution in [1.82, 2.24) is 10.2 Å². The summed E-state index contributed by atoms with van der Waals surface area (Å²) in [6.07, 6.45) is 0. The zero-order chi connectivity index (χ0) is 14.2. The van der Waals surface area contributed by atoms with Crippen molar-refractivity contribution in [3.8, 4) is 0 Å². The molecule has 0 saturated carbocycles. The number of aryl methyl sites for hydroxylation is 2. The average Bonchev–Trinajstić information content (AvgIpc) is 2.63. The monoisotopic (exact) mass is 361 g/mol. The molecular formula is C12H10BrCl2N3O. The van der Waals surface area contributed by atoms with Gasteiger partial charge >= 0.3 is 0 Å². The molecule has 0 spiro atoms. The molecule has 1 aromatic carbocycles. The van der Waals surface area contributed by atoms with E-state index in [-0.39, 0.29) is 5.91 Å². The molecular weight excluding hydrogens is 353 g/mol. The number of aromatic amines is 1. The molecule has 1 amide bonds. The molecule has 100 valence electrons. The van der Waals surface area contributed by atoms with Gasteiger partial charge in [0.2, 0.25) is 0 Å². The first-order valence-electron chi connectivity index (χ1n) is 5.37. The van der Waals surface area contributed by atoms with Crippen LogP contribution in [0.4, 0.5) is 5.69 Å². The number of hydrogen-bond donors (Lipinski definition) is 2. The fourth-order valence-electron chi connectivity index (χ4n) is 1.72. The van der Waals surface area contributed by atoms with Crippen LogP contribution in [0.1, 0.15) is 21.7 Å². The number of benzene rings is 1. The molecule has 0 unspecified atom stereocenters. The number of halogens is 3. The Morgan fingerprint density at radius 3 is 2.37 bits per heavy atom. The predicted molar refractivity (Wildman–Crippen MR) is 80.2 cm³/mol. The van der Waals surface area contributed by atoms with Crippen LogP contribution < -0.4 is 5.32 Å². The van der Waals surface area contributed by atoms with Crippen molar-refractivity contribution in [2.45, 2.75) is 13.8 Å². The number of nitrogens with one attached hydrogen (secondary N) is 2. The first-order valence-corrected chi connectivity index (χ1v) is 6.92. The normalized spacial score (nSPS) is 10.6. The number of amides is 1. The maximum Gasteiger partial charge on any atom is 0.259 e. The highest BCUT2D eigenvalue weighted by molar-refractivity contribution is 9.10. The van der Waals surface area contributed by atoms with Crippen LogP contribution in [0, 0.1) is 13.8 Å². The Morgan fingerprint density at radius 1 is 1.32 bits per heavy atom. The second-order valence-electron chi connectivity index (χ2n) is 4.01. The van der Waals surface area contributed by atoms with Gasteiger partial charge in [-0.2, -0.15) is 5.10 Å². The Hall–Kier alpha value is -1.04. The van der Waals surface area contributed by atoms with E-state index in [0.717, 1.165) is 4.47 Å². The molecule has 0 fully saturated rings. The van der Waals surface area contributed by atoms with Gasteiger partial charge in [-0.25, -0.2) is 0 Å². The summed E-state index contributed by atoms with van der Waals surface area (Å²) in [4.78, 5) is 12.2. The van der Waals surface area contributed by atoms with Gasteiger partial charge in [0.1, 0.15) is 0 Å². The van der Waals surface area contributed by atoms with E-state index < -0.39 is 0 Å². The Kier molecular flexibility index (Phi) is 4.18. The largest absolute Gasteiger partial charge is 0.319 e. The van der Waals surface area contributed by atoms with Crippen molar-refractivity contribution < 1.29 is 4.79 Å². The number of H-pyrrole nitrogens is 1.